The summed E-state index contributed by atoms with van der Waals surface area (Å²) in [5.41, 5.74) is 2.37. The number of urea groups is 1. The third-order valence-corrected chi connectivity index (χ3v) is 5.16. The van der Waals surface area contributed by atoms with Gasteiger partial charge in [0.15, 0.2) is 11.5 Å². The van der Waals surface area contributed by atoms with Crippen LogP contribution in [0.4, 0.5) is 4.79 Å². The minimum atomic E-state index is 0.0309. The first-order valence-corrected chi connectivity index (χ1v) is 9.47. The molecule has 144 valence electrons. The summed E-state index contributed by atoms with van der Waals surface area (Å²) in [4.78, 5) is 14.3. The van der Waals surface area contributed by atoms with Gasteiger partial charge < -0.3 is 19.7 Å². The molecule has 1 aliphatic rings. The summed E-state index contributed by atoms with van der Waals surface area (Å²) in [5.74, 6) is 2.11. The number of benzene rings is 2. The number of methoxy groups -OCH3 is 2. The summed E-state index contributed by atoms with van der Waals surface area (Å²) in [5, 5.41) is 3.02. The first kappa shape index (κ1) is 19.1. The van der Waals surface area contributed by atoms with Gasteiger partial charge in [-0.3, -0.25) is 0 Å². The predicted molar refractivity (Wildman–Crippen MR) is 106 cm³/mol. The lowest BCUT2D eigenvalue weighted by molar-refractivity contribution is 0.170. The van der Waals surface area contributed by atoms with Crippen molar-refractivity contribution in [3.8, 4) is 11.5 Å². The van der Waals surface area contributed by atoms with E-state index in [-0.39, 0.29) is 6.03 Å². The van der Waals surface area contributed by atoms with Crippen molar-refractivity contribution in [3.05, 3.63) is 59.7 Å². The van der Waals surface area contributed by atoms with E-state index >= 15 is 0 Å². The molecular formula is C22H28N2O3. The van der Waals surface area contributed by atoms with Crippen LogP contribution in [0, 0.1) is 5.92 Å². The van der Waals surface area contributed by atoms with E-state index in [0.29, 0.717) is 12.5 Å². The van der Waals surface area contributed by atoms with Crippen molar-refractivity contribution < 1.29 is 14.3 Å². The maximum atomic E-state index is 12.4. The zero-order valence-electron chi connectivity index (χ0n) is 16.1. The van der Waals surface area contributed by atoms with Crippen molar-refractivity contribution in [3.63, 3.8) is 0 Å². The molecule has 0 aliphatic carbocycles. The largest absolute Gasteiger partial charge is 0.493 e. The van der Waals surface area contributed by atoms with E-state index in [1.807, 2.05) is 41.3 Å². The lowest BCUT2D eigenvalue weighted by atomic mass is 9.90. The van der Waals surface area contributed by atoms with Crippen molar-refractivity contribution >= 4 is 6.03 Å². The van der Waals surface area contributed by atoms with Crippen LogP contribution in [0.3, 0.4) is 0 Å². The number of amides is 2. The quantitative estimate of drug-likeness (QED) is 0.842. The number of ether oxygens (including phenoxy) is 2. The molecule has 1 fully saturated rings. The second-order valence-electron chi connectivity index (χ2n) is 6.97. The van der Waals surface area contributed by atoms with Gasteiger partial charge in [-0.25, -0.2) is 4.79 Å². The molecule has 2 aromatic carbocycles. The molecule has 27 heavy (non-hydrogen) atoms. The van der Waals surface area contributed by atoms with Crippen LogP contribution < -0.4 is 14.8 Å². The Labute approximate surface area is 161 Å². The molecule has 1 saturated heterocycles. The molecule has 2 amide bonds. The lowest BCUT2D eigenvalue weighted by Crippen LogP contribution is -2.44. The number of hydrogen-bond acceptors (Lipinski definition) is 3. The highest BCUT2D eigenvalue weighted by molar-refractivity contribution is 5.74. The zero-order chi connectivity index (χ0) is 19.1. The van der Waals surface area contributed by atoms with Gasteiger partial charge >= 0.3 is 6.03 Å². The van der Waals surface area contributed by atoms with E-state index in [1.54, 1.807) is 14.2 Å². The second-order valence-corrected chi connectivity index (χ2v) is 6.97. The third-order valence-electron chi connectivity index (χ3n) is 5.16. The van der Waals surface area contributed by atoms with Gasteiger partial charge in [0, 0.05) is 19.6 Å². The summed E-state index contributed by atoms with van der Waals surface area (Å²) in [7, 11) is 3.31. The number of nitrogens with one attached hydrogen (secondary N) is 1. The molecule has 0 unspecified atom stereocenters. The highest BCUT2D eigenvalue weighted by atomic mass is 16.5. The van der Waals surface area contributed by atoms with E-state index in [9.17, 15) is 4.79 Å². The van der Waals surface area contributed by atoms with Gasteiger partial charge in [-0.05, 0) is 48.4 Å². The molecule has 0 atom stereocenters. The SMILES string of the molecule is COc1ccc(CC2CCN(C(=O)NCc3ccccc3)CC2)cc1OC. The average molecular weight is 368 g/mol. The van der Waals surface area contributed by atoms with E-state index < -0.39 is 0 Å². The molecule has 2 aromatic rings. The molecular weight excluding hydrogens is 340 g/mol. The molecule has 5 heteroatoms. The predicted octanol–water partition coefficient (Wildman–Crippen LogP) is 3.87. The average Bonchev–Trinajstić information content (AvgIpc) is 2.73. The summed E-state index contributed by atoms with van der Waals surface area (Å²) < 4.78 is 10.7. The molecule has 0 aromatic heterocycles. The first-order valence-electron chi connectivity index (χ1n) is 9.47. The van der Waals surface area contributed by atoms with Gasteiger partial charge in [0.1, 0.15) is 0 Å². The Morgan fingerprint density at radius 2 is 1.70 bits per heavy atom. The van der Waals surface area contributed by atoms with Crippen LogP contribution in [-0.2, 0) is 13.0 Å². The second kappa shape index (κ2) is 9.31. The molecule has 5 nitrogen and oxygen atoms in total. The lowest BCUT2D eigenvalue weighted by Gasteiger charge is -2.32. The van der Waals surface area contributed by atoms with E-state index in [4.69, 9.17) is 9.47 Å². The normalized spacial score (nSPS) is 14.7. The number of carbonyl (C=O) groups is 1. The minimum Gasteiger partial charge on any atom is -0.493 e. The molecule has 0 bridgehead atoms. The Morgan fingerprint density at radius 1 is 1.00 bits per heavy atom. The van der Waals surface area contributed by atoms with Crippen LogP contribution in [0.1, 0.15) is 24.0 Å². The van der Waals surface area contributed by atoms with Gasteiger partial charge in [-0.1, -0.05) is 36.4 Å². The maximum absolute atomic E-state index is 12.4. The van der Waals surface area contributed by atoms with E-state index in [2.05, 4.69) is 17.4 Å². The molecule has 0 radical (unpaired) electrons. The highest BCUT2D eigenvalue weighted by Crippen LogP contribution is 2.30. The zero-order valence-corrected chi connectivity index (χ0v) is 16.1. The summed E-state index contributed by atoms with van der Waals surface area (Å²) in [6.45, 7) is 2.18. The molecule has 1 heterocycles. The van der Waals surface area contributed by atoms with Gasteiger partial charge in [-0.2, -0.15) is 0 Å². The van der Waals surface area contributed by atoms with Crippen LogP contribution >= 0.6 is 0 Å². The summed E-state index contributed by atoms with van der Waals surface area (Å²) in [6, 6.07) is 16.1. The summed E-state index contributed by atoms with van der Waals surface area (Å²) >= 11 is 0. The molecule has 0 spiro atoms. The van der Waals surface area contributed by atoms with Gasteiger partial charge in [0.2, 0.25) is 0 Å². The van der Waals surface area contributed by atoms with E-state index in [0.717, 1.165) is 49.4 Å². The van der Waals surface area contributed by atoms with Crippen LogP contribution in [0.25, 0.3) is 0 Å². The van der Waals surface area contributed by atoms with Crippen molar-refractivity contribution in [2.75, 3.05) is 27.3 Å². The van der Waals surface area contributed by atoms with Gasteiger partial charge in [0.05, 0.1) is 14.2 Å². The monoisotopic (exact) mass is 368 g/mol. The fourth-order valence-electron chi connectivity index (χ4n) is 3.57. The number of nitrogens with zero attached hydrogens (tertiary/aromatic N) is 1. The number of rotatable bonds is 6. The Balaban J connectivity index is 1.46. The van der Waals surface area contributed by atoms with Gasteiger partial charge in [-0.15, -0.1) is 0 Å². The third kappa shape index (κ3) is 5.16. The highest BCUT2D eigenvalue weighted by Gasteiger charge is 2.23. The Hall–Kier alpha value is -2.69. The topological polar surface area (TPSA) is 50.8 Å². The fraction of sp³-hybridized carbons (Fsp3) is 0.409. The van der Waals surface area contributed by atoms with Crippen LogP contribution in [0.5, 0.6) is 11.5 Å². The Bertz CT molecular complexity index is 740. The van der Waals surface area contributed by atoms with Crippen LogP contribution in [0.15, 0.2) is 48.5 Å². The van der Waals surface area contributed by atoms with Crippen LogP contribution in [0.2, 0.25) is 0 Å². The maximum Gasteiger partial charge on any atom is 0.317 e. The molecule has 1 N–H and O–H groups in total. The van der Waals surface area contributed by atoms with E-state index in [1.165, 1.54) is 5.56 Å². The summed E-state index contributed by atoms with van der Waals surface area (Å²) in [6.07, 6.45) is 3.04. The van der Waals surface area contributed by atoms with Crippen LogP contribution in [-0.4, -0.2) is 38.2 Å². The Morgan fingerprint density at radius 3 is 2.37 bits per heavy atom. The Kier molecular flexibility index (Phi) is 6.58. The molecule has 0 saturated carbocycles. The van der Waals surface area contributed by atoms with Crippen molar-refractivity contribution in [1.29, 1.82) is 0 Å². The smallest absolute Gasteiger partial charge is 0.317 e. The number of carbonyl (C=O) groups excluding carboxylic acids is 1. The minimum absolute atomic E-state index is 0.0309. The number of hydrogen-bond donors (Lipinski definition) is 1. The van der Waals surface area contributed by atoms with Crippen molar-refractivity contribution in [1.82, 2.24) is 10.2 Å². The standard InChI is InChI=1S/C22H28N2O3/c1-26-20-9-8-19(15-21(20)27-2)14-17-10-12-24(13-11-17)22(25)23-16-18-6-4-3-5-7-18/h3-9,15,17H,10-14,16H2,1-2H3,(H,23,25). The van der Waals surface area contributed by atoms with Crippen molar-refractivity contribution in [2.24, 2.45) is 5.92 Å². The van der Waals surface area contributed by atoms with Gasteiger partial charge in [0.25, 0.3) is 0 Å². The van der Waals surface area contributed by atoms with Crippen molar-refractivity contribution in [2.45, 2.75) is 25.8 Å². The fourth-order valence-corrected chi connectivity index (χ4v) is 3.57. The number of piperidine rings is 1. The first-order chi connectivity index (χ1) is 13.2. The number of likely N-dealkylation sites (tertiary alicyclic amines) is 1. The molecule has 3 rings (SSSR count). The molecule has 1 aliphatic heterocycles.